The van der Waals surface area contributed by atoms with Crippen molar-refractivity contribution in [3.8, 4) is 0 Å². The molecule has 0 bridgehead atoms. The lowest BCUT2D eigenvalue weighted by Gasteiger charge is -2.32. The summed E-state index contributed by atoms with van der Waals surface area (Å²) in [6.45, 7) is 8.00. The van der Waals surface area contributed by atoms with Gasteiger partial charge in [0.05, 0.1) is 11.2 Å². The van der Waals surface area contributed by atoms with E-state index in [1.54, 1.807) is 6.07 Å². The number of rotatable bonds is 2. The van der Waals surface area contributed by atoms with E-state index in [-0.39, 0.29) is 24.1 Å². The highest BCUT2D eigenvalue weighted by Crippen LogP contribution is 2.37. The molecule has 1 aromatic carbocycles. The van der Waals surface area contributed by atoms with Gasteiger partial charge in [-0.1, -0.05) is 17.7 Å². The van der Waals surface area contributed by atoms with Crippen LogP contribution in [0.15, 0.2) is 18.2 Å². The molecule has 0 spiro atoms. The summed E-state index contributed by atoms with van der Waals surface area (Å²) in [4.78, 5) is 0. The van der Waals surface area contributed by atoms with E-state index in [4.69, 9.17) is 20.9 Å². The molecule has 1 aliphatic heterocycles. The van der Waals surface area contributed by atoms with Crippen LogP contribution in [0.2, 0.25) is 5.02 Å². The van der Waals surface area contributed by atoms with E-state index in [1.165, 1.54) is 12.1 Å². The number of halogens is 2. The average molecular weight is 271 g/mol. The topological polar surface area (TPSA) is 18.5 Å². The number of hydrogen-bond acceptors (Lipinski definition) is 2. The lowest BCUT2D eigenvalue weighted by atomic mass is 9.81. The quantitative estimate of drug-likeness (QED) is 0.764. The Morgan fingerprint density at radius 1 is 1.17 bits per heavy atom. The smallest absolute Gasteiger partial charge is 0.403 e. The molecule has 1 aliphatic rings. The van der Waals surface area contributed by atoms with Crippen molar-refractivity contribution >= 4 is 18.7 Å². The first-order chi connectivity index (χ1) is 8.21. The summed E-state index contributed by atoms with van der Waals surface area (Å²) in [5.41, 5.74) is 0.116. The molecular weight excluding hydrogens is 253 g/mol. The molecule has 0 radical (unpaired) electrons. The van der Waals surface area contributed by atoms with Crippen molar-refractivity contribution in [3.63, 3.8) is 0 Å². The summed E-state index contributed by atoms with van der Waals surface area (Å²) in [6.07, 6.45) is 0.520. The van der Waals surface area contributed by atoms with E-state index < -0.39 is 0 Å². The minimum absolute atomic E-state index is 0.335. The molecule has 0 atom stereocenters. The van der Waals surface area contributed by atoms with Crippen molar-refractivity contribution in [1.29, 1.82) is 0 Å². The minimum atomic E-state index is -0.357. The van der Waals surface area contributed by atoms with E-state index >= 15 is 0 Å². The van der Waals surface area contributed by atoms with Crippen molar-refractivity contribution in [3.05, 3.63) is 34.6 Å². The molecule has 18 heavy (non-hydrogen) atoms. The predicted molar refractivity (Wildman–Crippen MR) is 71.2 cm³/mol. The zero-order chi connectivity index (χ0) is 13.6. The van der Waals surface area contributed by atoms with Gasteiger partial charge in [-0.3, -0.25) is 0 Å². The molecule has 1 saturated heterocycles. The second-order valence-corrected chi connectivity index (χ2v) is 6.03. The molecule has 0 N–H and O–H groups in total. The van der Waals surface area contributed by atoms with Gasteiger partial charge in [-0.15, -0.1) is 0 Å². The Labute approximate surface area is 113 Å². The number of benzene rings is 1. The monoisotopic (exact) mass is 270 g/mol. The van der Waals surface area contributed by atoms with Gasteiger partial charge in [-0.2, -0.15) is 0 Å². The number of hydrogen-bond donors (Lipinski definition) is 0. The standard InChI is InChI=1S/C13H17BClFO2/c1-12(2)13(3,4)18-14(17-12)8-9-5-6-10(16)7-11(9)15/h5-7H,8H2,1-4H3. The Hall–Kier alpha value is -0.575. The molecule has 0 aliphatic carbocycles. The first-order valence-corrected chi connectivity index (χ1v) is 6.39. The Morgan fingerprint density at radius 3 is 2.22 bits per heavy atom. The van der Waals surface area contributed by atoms with Gasteiger partial charge in [0.25, 0.3) is 0 Å². The summed E-state index contributed by atoms with van der Waals surface area (Å²) in [5, 5.41) is 0.407. The summed E-state index contributed by atoms with van der Waals surface area (Å²) >= 11 is 6.00. The Morgan fingerprint density at radius 2 is 1.72 bits per heavy atom. The normalized spacial score (nSPS) is 21.3. The molecule has 2 nitrogen and oxygen atoms in total. The molecule has 98 valence electrons. The van der Waals surface area contributed by atoms with Crippen LogP contribution in [0.4, 0.5) is 4.39 Å². The van der Waals surface area contributed by atoms with E-state index in [0.717, 1.165) is 5.56 Å². The maximum absolute atomic E-state index is 13.0. The Kier molecular flexibility index (Phi) is 3.47. The van der Waals surface area contributed by atoms with Crippen LogP contribution in [-0.2, 0) is 15.6 Å². The second kappa shape index (κ2) is 4.51. The van der Waals surface area contributed by atoms with Gasteiger partial charge >= 0.3 is 7.12 Å². The molecule has 1 aromatic rings. The van der Waals surface area contributed by atoms with E-state index in [9.17, 15) is 4.39 Å². The lowest BCUT2D eigenvalue weighted by molar-refractivity contribution is 0.00578. The summed E-state index contributed by atoms with van der Waals surface area (Å²) < 4.78 is 24.7. The molecule has 0 saturated carbocycles. The zero-order valence-electron chi connectivity index (χ0n) is 11.1. The maximum atomic E-state index is 13.0. The third kappa shape index (κ3) is 2.56. The molecule has 0 unspecified atom stereocenters. The SMILES string of the molecule is CC1(C)OB(Cc2ccc(F)cc2Cl)OC1(C)C. The average Bonchev–Trinajstić information content (AvgIpc) is 2.40. The van der Waals surface area contributed by atoms with Crippen molar-refractivity contribution in [2.75, 3.05) is 0 Å². The predicted octanol–water partition coefficient (Wildman–Crippen LogP) is 3.65. The van der Waals surface area contributed by atoms with Gasteiger partial charge < -0.3 is 9.31 Å². The van der Waals surface area contributed by atoms with Crippen LogP contribution in [-0.4, -0.2) is 18.3 Å². The summed E-state index contributed by atoms with van der Waals surface area (Å²) in [7, 11) is -0.349. The van der Waals surface area contributed by atoms with Gasteiger partial charge in [-0.25, -0.2) is 4.39 Å². The summed E-state index contributed by atoms with van der Waals surface area (Å²) in [5.74, 6) is -0.335. The maximum Gasteiger partial charge on any atom is 0.462 e. The van der Waals surface area contributed by atoms with Gasteiger partial charge in [-0.05, 0) is 45.4 Å². The fourth-order valence-electron chi connectivity index (χ4n) is 1.92. The van der Waals surface area contributed by atoms with E-state index in [2.05, 4.69) is 0 Å². The van der Waals surface area contributed by atoms with Crippen molar-refractivity contribution in [1.82, 2.24) is 0 Å². The molecular formula is C13H17BClFO2. The fraction of sp³-hybridized carbons (Fsp3) is 0.538. The highest BCUT2D eigenvalue weighted by Gasteiger charge is 2.50. The van der Waals surface area contributed by atoms with Crippen LogP contribution in [0.25, 0.3) is 0 Å². The van der Waals surface area contributed by atoms with Crippen LogP contribution in [0.3, 0.4) is 0 Å². The molecule has 1 fully saturated rings. The molecule has 2 rings (SSSR count). The highest BCUT2D eigenvalue weighted by molar-refractivity contribution is 6.45. The first-order valence-electron chi connectivity index (χ1n) is 6.01. The van der Waals surface area contributed by atoms with E-state index in [1.807, 2.05) is 27.7 Å². The van der Waals surface area contributed by atoms with Crippen molar-refractivity contribution in [2.24, 2.45) is 0 Å². The van der Waals surface area contributed by atoms with Gasteiger partial charge in [0.15, 0.2) is 0 Å². The largest absolute Gasteiger partial charge is 0.462 e. The third-order valence-electron chi connectivity index (χ3n) is 3.70. The van der Waals surface area contributed by atoms with Crippen LogP contribution < -0.4 is 0 Å². The Balaban J connectivity index is 2.12. The lowest BCUT2D eigenvalue weighted by Crippen LogP contribution is -2.41. The Bertz CT molecular complexity index is 446. The minimum Gasteiger partial charge on any atom is -0.403 e. The fourth-order valence-corrected chi connectivity index (χ4v) is 2.16. The van der Waals surface area contributed by atoms with Crippen LogP contribution in [0, 0.1) is 5.82 Å². The summed E-state index contributed by atoms with van der Waals surface area (Å²) in [6, 6.07) is 4.37. The van der Waals surface area contributed by atoms with E-state index in [0.29, 0.717) is 11.3 Å². The van der Waals surface area contributed by atoms with Crippen LogP contribution in [0.5, 0.6) is 0 Å². The van der Waals surface area contributed by atoms with Gasteiger partial charge in [0, 0.05) is 11.3 Å². The van der Waals surface area contributed by atoms with Crippen molar-refractivity contribution in [2.45, 2.75) is 45.2 Å². The second-order valence-electron chi connectivity index (χ2n) is 5.63. The van der Waals surface area contributed by atoms with Crippen LogP contribution >= 0.6 is 11.6 Å². The van der Waals surface area contributed by atoms with Crippen LogP contribution in [0.1, 0.15) is 33.3 Å². The zero-order valence-corrected chi connectivity index (χ0v) is 11.8. The molecule has 0 aromatic heterocycles. The van der Waals surface area contributed by atoms with Crippen molar-refractivity contribution < 1.29 is 13.7 Å². The highest BCUT2D eigenvalue weighted by atomic mass is 35.5. The molecule has 5 heteroatoms. The van der Waals surface area contributed by atoms with Gasteiger partial charge in [0.2, 0.25) is 0 Å². The third-order valence-corrected chi connectivity index (χ3v) is 4.06. The molecule has 1 heterocycles. The first kappa shape index (κ1) is 13.8. The van der Waals surface area contributed by atoms with Gasteiger partial charge in [0.1, 0.15) is 5.82 Å². The molecule has 0 amide bonds.